The van der Waals surface area contributed by atoms with Gasteiger partial charge in [-0.25, -0.2) is 9.37 Å². The molecule has 0 aliphatic carbocycles. The van der Waals surface area contributed by atoms with Crippen LogP contribution in [0.3, 0.4) is 0 Å². The zero-order valence-corrected chi connectivity index (χ0v) is 19.2. The topological polar surface area (TPSA) is 17.8 Å². The summed E-state index contributed by atoms with van der Waals surface area (Å²) >= 11 is 7.44. The molecule has 1 heterocycles. The van der Waals surface area contributed by atoms with Crippen LogP contribution in [-0.2, 0) is 5.75 Å². The van der Waals surface area contributed by atoms with Crippen molar-refractivity contribution >= 4 is 23.4 Å². The zero-order chi connectivity index (χ0) is 22.6. The lowest BCUT2D eigenvalue weighted by Gasteiger charge is -2.13. The summed E-state index contributed by atoms with van der Waals surface area (Å²) in [4.78, 5) is 5.07. The Kier molecular flexibility index (Phi) is 6.29. The van der Waals surface area contributed by atoms with Crippen molar-refractivity contribution in [1.29, 1.82) is 0 Å². The molecule has 0 N–H and O–H groups in total. The number of halogens is 2. The Bertz CT molecular complexity index is 1370. The van der Waals surface area contributed by atoms with E-state index in [1.807, 2.05) is 54.6 Å². The second-order valence-electron chi connectivity index (χ2n) is 7.52. The van der Waals surface area contributed by atoms with Gasteiger partial charge in [0.15, 0.2) is 5.16 Å². The van der Waals surface area contributed by atoms with E-state index in [9.17, 15) is 4.39 Å². The Labute approximate surface area is 201 Å². The summed E-state index contributed by atoms with van der Waals surface area (Å²) in [5.74, 6) is 0.134. The molecule has 0 aliphatic rings. The first-order valence-corrected chi connectivity index (χ1v) is 11.9. The number of nitrogens with zero attached hydrogens (tertiary/aromatic N) is 2. The van der Waals surface area contributed by atoms with E-state index in [-0.39, 0.29) is 5.82 Å². The number of rotatable bonds is 6. The molecule has 5 aromatic rings. The van der Waals surface area contributed by atoms with Crippen LogP contribution in [-0.4, -0.2) is 9.55 Å². The van der Waals surface area contributed by atoms with Gasteiger partial charge in [0.25, 0.3) is 0 Å². The Morgan fingerprint density at radius 3 is 2.00 bits per heavy atom. The molecule has 1 aromatic heterocycles. The zero-order valence-electron chi connectivity index (χ0n) is 17.7. The van der Waals surface area contributed by atoms with Crippen molar-refractivity contribution < 1.29 is 4.39 Å². The summed E-state index contributed by atoms with van der Waals surface area (Å²) in [6.45, 7) is 0. The summed E-state index contributed by atoms with van der Waals surface area (Å²) in [5, 5.41) is 1.19. The molecule has 0 atom stereocenters. The van der Waals surface area contributed by atoms with Crippen LogP contribution in [0.1, 0.15) is 5.56 Å². The minimum atomic E-state index is -0.306. The molecular weight excluding hydrogens is 451 g/mol. The summed E-state index contributed by atoms with van der Waals surface area (Å²) in [7, 11) is 0. The van der Waals surface area contributed by atoms with Crippen molar-refractivity contribution in [3.05, 3.63) is 126 Å². The van der Waals surface area contributed by atoms with Crippen molar-refractivity contribution in [2.75, 3.05) is 0 Å². The van der Waals surface area contributed by atoms with Crippen molar-refractivity contribution in [2.24, 2.45) is 0 Å². The van der Waals surface area contributed by atoms with Crippen LogP contribution in [0.15, 0.2) is 114 Å². The summed E-state index contributed by atoms with van der Waals surface area (Å²) in [6.07, 6.45) is 0. The lowest BCUT2D eigenvalue weighted by atomic mass is 10.0. The minimum absolute atomic E-state index is 0.306. The first-order valence-electron chi connectivity index (χ1n) is 10.6. The van der Waals surface area contributed by atoms with Gasteiger partial charge in [-0.1, -0.05) is 108 Å². The van der Waals surface area contributed by atoms with E-state index >= 15 is 0 Å². The number of imidazole rings is 1. The fourth-order valence-corrected chi connectivity index (χ4v) is 4.91. The molecule has 0 unspecified atom stereocenters. The normalized spacial score (nSPS) is 11.0. The number of aromatic nitrogens is 2. The highest BCUT2D eigenvalue weighted by atomic mass is 35.5. The van der Waals surface area contributed by atoms with Gasteiger partial charge in [0.2, 0.25) is 0 Å². The summed E-state index contributed by atoms with van der Waals surface area (Å²) in [5.41, 5.74) is 5.60. The SMILES string of the molecule is Fc1cc(Cl)ccc1CSc1nc(-c2ccccc2)c(-c2ccccc2)n1-c1ccccc1. The maximum absolute atomic E-state index is 14.5. The van der Waals surface area contributed by atoms with Gasteiger partial charge >= 0.3 is 0 Å². The second-order valence-corrected chi connectivity index (χ2v) is 8.90. The lowest BCUT2D eigenvalue weighted by molar-refractivity contribution is 0.617. The van der Waals surface area contributed by atoms with E-state index in [0.717, 1.165) is 33.4 Å². The summed E-state index contributed by atoms with van der Waals surface area (Å²) in [6, 6.07) is 35.4. The number of benzene rings is 4. The van der Waals surface area contributed by atoms with Gasteiger partial charge in [0.05, 0.1) is 11.4 Å². The number of para-hydroxylation sites is 1. The van der Waals surface area contributed by atoms with E-state index < -0.39 is 0 Å². The molecule has 0 aliphatic heterocycles. The Hall–Kier alpha value is -3.34. The van der Waals surface area contributed by atoms with E-state index in [1.54, 1.807) is 12.1 Å². The van der Waals surface area contributed by atoms with Gasteiger partial charge in [0.1, 0.15) is 5.82 Å². The lowest BCUT2D eigenvalue weighted by Crippen LogP contribution is -2.00. The van der Waals surface area contributed by atoms with Gasteiger partial charge in [-0.2, -0.15) is 0 Å². The predicted octanol–water partition coefficient (Wildman–Crippen LogP) is 8.29. The molecule has 5 rings (SSSR count). The third-order valence-electron chi connectivity index (χ3n) is 5.33. The van der Waals surface area contributed by atoms with Crippen LogP contribution in [0.5, 0.6) is 0 Å². The van der Waals surface area contributed by atoms with Gasteiger partial charge in [-0.15, -0.1) is 0 Å². The maximum Gasteiger partial charge on any atom is 0.174 e. The van der Waals surface area contributed by atoms with E-state index in [1.165, 1.54) is 17.8 Å². The molecule has 0 fully saturated rings. The molecule has 0 saturated carbocycles. The van der Waals surface area contributed by atoms with Crippen LogP contribution in [0.4, 0.5) is 4.39 Å². The van der Waals surface area contributed by atoms with Crippen LogP contribution in [0.2, 0.25) is 5.02 Å². The van der Waals surface area contributed by atoms with Crippen molar-refractivity contribution in [2.45, 2.75) is 10.9 Å². The Balaban J connectivity index is 1.69. The highest BCUT2D eigenvalue weighted by Crippen LogP contribution is 2.39. The highest BCUT2D eigenvalue weighted by molar-refractivity contribution is 7.98. The molecule has 0 amide bonds. The van der Waals surface area contributed by atoms with Crippen molar-refractivity contribution in [3.8, 4) is 28.2 Å². The fourth-order valence-electron chi connectivity index (χ4n) is 3.75. The van der Waals surface area contributed by atoms with E-state index in [4.69, 9.17) is 16.6 Å². The molecule has 0 radical (unpaired) electrons. The van der Waals surface area contributed by atoms with Crippen molar-refractivity contribution in [3.63, 3.8) is 0 Å². The molecule has 0 spiro atoms. The third-order valence-corrected chi connectivity index (χ3v) is 6.55. The van der Waals surface area contributed by atoms with Gasteiger partial charge < -0.3 is 0 Å². The number of hydrogen-bond donors (Lipinski definition) is 0. The maximum atomic E-state index is 14.5. The number of hydrogen-bond acceptors (Lipinski definition) is 2. The van der Waals surface area contributed by atoms with Gasteiger partial charge in [-0.3, -0.25) is 4.57 Å². The van der Waals surface area contributed by atoms with Gasteiger partial charge in [-0.05, 0) is 29.8 Å². The Morgan fingerprint density at radius 1 is 0.758 bits per heavy atom. The van der Waals surface area contributed by atoms with Crippen LogP contribution >= 0.6 is 23.4 Å². The average molecular weight is 471 g/mol. The molecule has 2 nitrogen and oxygen atoms in total. The van der Waals surface area contributed by atoms with Crippen molar-refractivity contribution in [1.82, 2.24) is 9.55 Å². The molecule has 4 aromatic carbocycles. The standard InChI is InChI=1S/C28H20ClFN2S/c29-23-17-16-22(25(30)18-23)19-33-28-31-26(20-10-4-1-5-11-20)27(21-12-6-2-7-13-21)32(28)24-14-8-3-9-15-24/h1-18H,19H2. The molecule has 162 valence electrons. The molecule has 0 saturated heterocycles. The first-order chi connectivity index (χ1) is 16.2. The Morgan fingerprint density at radius 2 is 1.36 bits per heavy atom. The first kappa shape index (κ1) is 21.5. The highest BCUT2D eigenvalue weighted by Gasteiger charge is 2.22. The summed E-state index contributed by atoms with van der Waals surface area (Å²) < 4.78 is 16.6. The largest absolute Gasteiger partial charge is 0.287 e. The minimum Gasteiger partial charge on any atom is -0.287 e. The predicted molar refractivity (Wildman–Crippen MR) is 135 cm³/mol. The van der Waals surface area contributed by atoms with E-state index in [2.05, 4.69) is 41.0 Å². The van der Waals surface area contributed by atoms with Gasteiger partial charge in [0, 0.05) is 27.6 Å². The number of thioether (sulfide) groups is 1. The van der Waals surface area contributed by atoms with Crippen LogP contribution in [0.25, 0.3) is 28.2 Å². The van der Waals surface area contributed by atoms with Crippen LogP contribution < -0.4 is 0 Å². The average Bonchev–Trinajstić information content (AvgIpc) is 3.25. The quantitative estimate of drug-likeness (QED) is 0.232. The van der Waals surface area contributed by atoms with E-state index in [0.29, 0.717) is 16.3 Å². The molecule has 5 heteroatoms. The molecule has 33 heavy (non-hydrogen) atoms. The third kappa shape index (κ3) is 4.58. The van der Waals surface area contributed by atoms with Crippen LogP contribution in [0, 0.1) is 5.82 Å². The monoisotopic (exact) mass is 470 g/mol. The molecular formula is C28H20ClFN2S. The smallest absolute Gasteiger partial charge is 0.174 e. The second kappa shape index (κ2) is 9.65. The molecule has 0 bridgehead atoms. The fraction of sp³-hybridized carbons (Fsp3) is 0.0357.